The highest BCUT2D eigenvalue weighted by molar-refractivity contribution is 7.10. The Bertz CT molecular complexity index is 405. The predicted octanol–water partition coefficient (Wildman–Crippen LogP) is 1.34. The number of nitrogens with two attached hydrogens (primary N) is 1. The average Bonchev–Trinajstić information content (AvgIpc) is 2.80. The second-order valence-electron chi connectivity index (χ2n) is 3.46. The van der Waals surface area contributed by atoms with Crippen LogP contribution in [0.1, 0.15) is 22.3 Å². The highest BCUT2D eigenvalue weighted by Gasteiger charge is 2.19. The van der Waals surface area contributed by atoms with E-state index in [0.717, 1.165) is 5.82 Å². The van der Waals surface area contributed by atoms with Crippen LogP contribution < -0.4 is 11.3 Å². The Morgan fingerprint density at radius 3 is 2.87 bits per heavy atom. The van der Waals surface area contributed by atoms with E-state index in [1.54, 1.807) is 17.5 Å². The van der Waals surface area contributed by atoms with Crippen LogP contribution in [0.5, 0.6) is 0 Å². The molecule has 0 saturated carbocycles. The first-order chi connectivity index (χ1) is 7.24. The summed E-state index contributed by atoms with van der Waals surface area (Å²) in [5.74, 6) is 6.53. The highest BCUT2D eigenvalue weighted by Crippen LogP contribution is 2.27. The molecule has 5 heteroatoms. The Balaban J connectivity index is 2.41. The first-order valence-electron chi connectivity index (χ1n) is 4.71. The van der Waals surface area contributed by atoms with Gasteiger partial charge in [0.25, 0.3) is 0 Å². The van der Waals surface area contributed by atoms with Crippen molar-refractivity contribution in [3.8, 4) is 0 Å². The monoisotopic (exact) mass is 222 g/mol. The Kier molecular flexibility index (Phi) is 2.86. The summed E-state index contributed by atoms with van der Waals surface area (Å²) in [4.78, 5) is 5.53. The predicted molar refractivity (Wildman–Crippen MR) is 61.4 cm³/mol. The van der Waals surface area contributed by atoms with Gasteiger partial charge in [-0.1, -0.05) is 0 Å². The molecule has 2 aromatic heterocycles. The molecule has 0 radical (unpaired) electrons. The molecule has 4 nitrogen and oxygen atoms in total. The maximum atomic E-state index is 5.60. The van der Waals surface area contributed by atoms with E-state index in [1.807, 2.05) is 17.8 Å². The van der Waals surface area contributed by atoms with E-state index in [-0.39, 0.29) is 6.04 Å². The molecule has 0 bridgehead atoms. The number of aryl methyl sites for hydroxylation is 2. The molecule has 0 amide bonds. The van der Waals surface area contributed by atoms with Crippen molar-refractivity contribution in [1.82, 2.24) is 15.0 Å². The Morgan fingerprint density at radius 2 is 2.40 bits per heavy atom. The fraction of sp³-hybridized carbons (Fsp3) is 0.300. The van der Waals surface area contributed by atoms with E-state index in [2.05, 4.69) is 28.8 Å². The standard InChI is InChI=1S/C10H14N4S/c1-7-3-6-15-9(7)8(13-11)10-12-4-5-14(10)2/h3-6,8,13H,11H2,1-2H3. The summed E-state index contributed by atoms with van der Waals surface area (Å²) in [5, 5.41) is 2.07. The van der Waals surface area contributed by atoms with Gasteiger partial charge in [-0.05, 0) is 23.9 Å². The van der Waals surface area contributed by atoms with Gasteiger partial charge in [0.2, 0.25) is 0 Å². The van der Waals surface area contributed by atoms with Gasteiger partial charge in [0, 0.05) is 24.3 Å². The van der Waals surface area contributed by atoms with Crippen molar-refractivity contribution in [2.45, 2.75) is 13.0 Å². The molecule has 0 fully saturated rings. The van der Waals surface area contributed by atoms with Crippen molar-refractivity contribution < 1.29 is 0 Å². The van der Waals surface area contributed by atoms with E-state index in [9.17, 15) is 0 Å². The third-order valence-corrected chi connectivity index (χ3v) is 3.53. The SMILES string of the molecule is Cc1ccsc1C(NN)c1nccn1C. The molecule has 1 unspecified atom stereocenters. The maximum absolute atomic E-state index is 5.60. The van der Waals surface area contributed by atoms with Crippen LogP contribution >= 0.6 is 11.3 Å². The van der Waals surface area contributed by atoms with Crippen molar-refractivity contribution in [3.63, 3.8) is 0 Å². The molecule has 0 saturated heterocycles. The minimum atomic E-state index is -0.0231. The van der Waals surface area contributed by atoms with Crippen molar-refractivity contribution in [3.05, 3.63) is 40.1 Å². The normalized spacial score (nSPS) is 13.0. The Hall–Kier alpha value is -1.17. The van der Waals surface area contributed by atoms with Crippen LogP contribution in [0.2, 0.25) is 0 Å². The first kappa shape index (κ1) is 10.4. The summed E-state index contributed by atoms with van der Waals surface area (Å²) < 4.78 is 1.98. The van der Waals surface area contributed by atoms with Crippen LogP contribution in [-0.2, 0) is 7.05 Å². The van der Waals surface area contributed by atoms with Crippen molar-refractivity contribution in [2.24, 2.45) is 12.9 Å². The first-order valence-corrected chi connectivity index (χ1v) is 5.59. The maximum Gasteiger partial charge on any atom is 0.132 e. The zero-order valence-corrected chi connectivity index (χ0v) is 9.58. The van der Waals surface area contributed by atoms with Crippen LogP contribution in [0.15, 0.2) is 23.8 Å². The number of nitrogens with one attached hydrogen (secondary N) is 1. The van der Waals surface area contributed by atoms with Gasteiger partial charge in [0.05, 0.1) is 0 Å². The summed E-state index contributed by atoms with van der Waals surface area (Å²) in [7, 11) is 1.97. The van der Waals surface area contributed by atoms with Crippen LogP contribution in [0, 0.1) is 6.92 Å². The van der Waals surface area contributed by atoms with E-state index < -0.39 is 0 Å². The van der Waals surface area contributed by atoms with Gasteiger partial charge in [-0.3, -0.25) is 5.84 Å². The lowest BCUT2D eigenvalue weighted by molar-refractivity contribution is 0.586. The Labute approximate surface area is 92.7 Å². The number of hydrazine groups is 1. The number of aromatic nitrogens is 2. The molecule has 3 N–H and O–H groups in total. The third-order valence-electron chi connectivity index (χ3n) is 2.45. The number of imidazole rings is 1. The van der Waals surface area contributed by atoms with Crippen LogP contribution in [-0.4, -0.2) is 9.55 Å². The summed E-state index contributed by atoms with van der Waals surface area (Å²) in [5.41, 5.74) is 4.06. The lowest BCUT2D eigenvalue weighted by atomic mass is 10.1. The lowest BCUT2D eigenvalue weighted by Crippen LogP contribution is -2.30. The van der Waals surface area contributed by atoms with E-state index >= 15 is 0 Å². The number of hydrogen-bond donors (Lipinski definition) is 2. The molecule has 0 spiro atoms. The van der Waals surface area contributed by atoms with E-state index in [1.165, 1.54) is 10.4 Å². The molecule has 0 aliphatic heterocycles. The molecule has 2 rings (SSSR count). The summed E-state index contributed by atoms with van der Waals surface area (Å²) >= 11 is 1.69. The molecule has 1 atom stereocenters. The number of nitrogens with zero attached hydrogens (tertiary/aromatic N) is 2. The van der Waals surface area contributed by atoms with Crippen molar-refractivity contribution in [1.29, 1.82) is 0 Å². The van der Waals surface area contributed by atoms with Gasteiger partial charge in [-0.15, -0.1) is 11.3 Å². The van der Waals surface area contributed by atoms with Crippen molar-refractivity contribution >= 4 is 11.3 Å². The van der Waals surface area contributed by atoms with Crippen LogP contribution in [0.3, 0.4) is 0 Å². The zero-order chi connectivity index (χ0) is 10.8. The van der Waals surface area contributed by atoms with Crippen LogP contribution in [0.25, 0.3) is 0 Å². The zero-order valence-electron chi connectivity index (χ0n) is 8.77. The highest BCUT2D eigenvalue weighted by atomic mass is 32.1. The summed E-state index contributed by atoms with van der Waals surface area (Å²) in [6, 6.07) is 2.07. The quantitative estimate of drug-likeness (QED) is 0.608. The number of thiophene rings is 1. The minimum absolute atomic E-state index is 0.0231. The molecule has 2 heterocycles. The van der Waals surface area contributed by atoms with Gasteiger partial charge < -0.3 is 4.57 Å². The van der Waals surface area contributed by atoms with Gasteiger partial charge in [0.15, 0.2) is 0 Å². The van der Waals surface area contributed by atoms with Crippen LogP contribution in [0.4, 0.5) is 0 Å². The fourth-order valence-corrected chi connectivity index (χ4v) is 2.59. The molecule has 2 aromatic rings. The average molecular weight is 222 g/mol. The topological polar surface area (TPSA) is 55.9 Å². The smallest absolute Gasteiger partial charge is 0.132 e. The fourth-order valence-electron chi connectivity index (χ4n) is 1.60. The second kappa shape index (κ2) is 4.14. The van der Waals surface area contributed by atoms with E-state index in [0.29, 0.717) is 0 Å². The van der Waals surface area contributed by atoms with Gasteiger partial charge in [-0.25, -0.2) is 10.4 Å². The minimum Gasteiger partial charge on any atom is -0.336 e. The molecule has 0 aliphatic carbocycles. The van der Waals surface area contributed by atoms with Crippen molar-refractivity contribution in [2.75, 3.05) is 0 Å². The second-order valence-corrected chi connectivity index (χ2v) is 4.41. The Morgan fingerprint density at radius 1 is 1.60 bits per heavy atom. The van der Waals surface area contributed by atoms with Gasteiger partial charge in [0.1, 0.15) is 11.9 Å². The summed E-state index contributed by atoms with van der Waals surface area (Å²) in [6.45, 7) is 2.08. The number of rotatable bonds is 3. The molecular weight excluding hydrogens is 208 g/mol. The molecule has 0 aromatic carbocycles. The summed E-state index contributed by atoms with van der Waals surface area (Å²) in [6.07, 6.45) is 3.70. The van der Waals surface area contributed by atoms with Gasteiger partial charge in [-0.2, -0.15) is 0 Å². The molecule has 15 heavy (non-hydrogen) atoms. The lowest BCUT2D eigenvalue weighted by Gasteiger charge is -2.15. The molecule has 0 aliphatic rings. The molecule has 80 valence electrons. The largest absolute Gasteiger partial charge is 0.336 e. The van der Waals surface area contributed by atoms with E-state index in [4.69, 9.17) is 5.84 Å². The molecular formula is C10H14N4S. The number of hydrogen-bond acceptors (Lipinski definition) is 4. The third kappa shape index (κ3) is 1.81. The van der Waals surface area contributed by atoms with Gasteiger partial charge >= 0.3 is 0 Å².